The molecule has 0 radical (unpaired) electrons. The average molecular weight is 495 g/mol. The molecule has 2 amide bonds. The quantitative estimate of drug-likeness (QED) is 0.492. The number of carbonyl (C=O) groups excluding carboxylic acids is 1. The molecular weight excluding hydrogens is 456 g/mol. The third-order valence-corrected chi connectivity index (χ3v) is 8.69. The Morgan fingerprint density at radius 2 is 1.92 bits per heavy atom. The van der Waals surface area contributed by atoms with E-state index >= 15 is 0 Å². The van der Waals surface area contributed by atoms with Crippen LogP contribution in [0.3, 0.4) is 0 Å². The van der Waals surface area contributed by atoms with Crippen molar-refractivity contribution in [3.8, 4) is 0 Å². The highest BCUT2D eigenvalue weighted by Crippen LogP contribution is 2.40. The molecule has 0 spiro atoms. The number of amides is 2. The normalized spacial score (nSPS) is 32.0. The predicted octanol–water partition coefficient (Wildman–Crippen LogP) is 4.29. The van der Waals surface area contributed by atoms with Crippen LogP contribution in [-0.4, -0.2) is 68.5 Å². The minimum atomic E-state index is 0.114. The summed E-state index contributed by atoms with van der Waals surface area (Å²) in [4.78, 5) is 25.1. The van der Waals surface area contributed by atoms with Crippen LogP contribution in [0.25, 0.3) is 0 Å². The van der Waals surface area contributed by atoms with Crippen molar-refractivity contribution in [2.75, 3.05) is 17.7 Å². The second kappa shape index (κ2) is 10.2. The number of H-pyrrole nitrogens is 1. The highest BCUT2D eigenvalue weighted by Gasteiger charge is 2.39. The maximum Gasteiger partial charge on any atom is 0.318 e. The van der Waals surface area contributed by atoms with Crippen LogP contribution >= 0.6 is 0 Å². The Morgan fingerprint density at radius 1 is 1.06 bits per heavy atom. The SMILES string of the molecule is CO[C@@H]1CCC[C@@H](NC(=O)N2C3CCC(CC3)Nc3nccc(n3)Nc3cc([nH]n3)C3CCC2C3)C1. The first-order chi connectivity index (χ1) is 17.6. The molecule has 5 aliphatic rings. The summed E-state index contributed by atoms with van der Waals surface area (Å²) < 4.78 is 5.61. The van der Waals surface area contributed by atoms with Crippen molar-refractivity contribution in [1.82, 2.24) is 30.4 Å². The standard InChI is InChI=1S/C26H38N8O2/c1-36-21-4-2-3-18(14-21)29-26(35)34-19-9-6-17(7-10-19)28-25-27-12-11-23(31-25)30-24-15-22(32-33-24)16-5-8-20(34)13-16/h11-12,15-21H,2-10,13-14H2,1H3,(H,29,35)(H3,27,28,30,31,32,33)/t16?,17?,18-,19?,20?,21-/m1/s1. The molecule has 2 aromatic heterocycles. The third-order valence-electron chi connectivity index (χ3n) is 8.69. The van der Waals surface area contributed by atoms with E-state index in [2.05, 4.69) is 47.1 Å². The third kappa shape index (κ3) is 5.00. The molecule has 2 aliphatic heterocycles. The fraction of sp³-hybridized carbons (Fsp3) is 0.692. The maximum absolute atomic E-state index is 13.8. The number of rotatable bonds is 2. The molecule has 2 aromatic rings. The van der Waals surface area contributed by atoms with E-state index in [1.54, 1.807) is 13.3 Å². The van der Waals surface area contributed by atoms with Gasteiger partial charge in [-0.2, -0.15) is 10.1 Å². The van der Waals surface area contributed by atoms with Gasteiger partial charge in [-0.05, 0) is 76.7 Å². The number of fused-ring (bicyclic) bond motifs is 2. The molecule has 0 saturated heterocycles. The molecule has 2 unspecified atom stereocenters. The molecule has 0 aromatic carbocycles. The van der Waals surface area contributed by atoms with Gasteiger partial charge in [0.15, 0.2) is 5.82 Å². The number of anilines is 3. The van der Waals surface area contributed by atoms with E-state index in [-0.39, 0.29) is 30.3 Å². The van der Waals surface area contributed by atoms with Gasteiger partial charge in [0.25, 0.3) is 0 Å². The lowest BCUT2D eigenvalue weighted by molar-refractivity contribution is 0.0569. The lowest BCUT2D eigenvalue weighted by Crippen LogP contribution is -2.55. The second-order valence-corrected chi connectivity index (χ2v) is 11.0. The Bertz CT molecular complexity index is 1050. The molecular formula is C26H38N8O2. The molecule has 3 saturated carbocycles. The maximum atomic E-state index is 13.8. The number of nitrogens with one attached hydrogen (secondary N) is 4. The summed E-state index contributed by atoms with van der Waals surface area (Å²) in [6, 6.07) is 5.06. The van der Waals surface area contributed by atoms with E-state index < -0.39 is 0 Å². The lowest BCUT2D eigenvalue weighted by Gasteiger charge is -2.42. The number of hydrogen-bond acceptors (Lipinski definition) is 7. The van der Waals surface area contributed by atoms with Gasteiger partial charge in [-0.1, -0.05) is 0 Å². The van der Waals surface area contributed by atoms with Crippen molar-refractivity contribution < 1.29 is 9.53 Å². The van der Waals surface area contributed by atoms with Gasteiger partial charge in [0.1, 0.15) is 5.82 Å². The Hall–Kier alpha value is -2.88. The van der Waals surface area contributed by atoms with E-state index in [0.29, 0.717) is 17.9 Å². The van der Waals surface area contributed by atoms with E-state index in [1.165, 1.54) is 0 Å². The molecule has 4 N–H and O–H groups in total. The van der Waals surface area contributed by atoms with E-state index in [9.17, 15) is 4.79 Å². The molecule has 10 heteroatoms. The van der Waals surface area contributed by atoms with Crippen LogP contribution in [0.1, 0.15) is 82.2 Å². The van der Waals surface area contributed by atoms with Crippen LogP contribution in [0.15, 0.2) is 18.3 Å². The molecule has 4 atom stereocenters. The van der Waals surface area contributed by atoms with Gasteiger partial charge in [0, 0.05) is 55.2 Å². The number of aromatic amines is 1. The van der Waals surface area contributed by atoms with E-state index in [4.69, 9.17) is 4.74 Å². The molecule has 4 heterocycles. The van der Waals surface area contributed by atoms with Gasteiger partial charge >= 0.3 is 6.03 Å². The topological polar surface area (TPSA) is 120 Å². The Morgan fingerprint density at radius 3 is 2.78 bits per heavy atom. The largest absolute Gasteiger partial charge is 0.381 e. The number of methoxy groups -OCH3 is 1. The van der Waals surface area contributed by atoms with E-state index in [0.717, 1.165) is 88.0 Å². The van der Waals surface area contributed by atoms with Crippen LogP contribution in [0.4, 0.5) is 22.4 Å². The summed E-state index contributed by atoms with van der Waals surface area (Å²) in [5, 5.41) is 18.0. The van der Waals surface area contributed by atoms with E-state index in [1.807, 2.05) is 6.07 Å². The number of hydrogen-bond donors (Lipinski definition) is 4. The number of ether oxygens (including phenoxy) is 1. The highest BCUT2D eigenvalue weighted by molar-refractivity contribution is 5.75. The monoisotopic (exact) mass is 494 g/mol. The summed E-state index contributed by atoms with van der Waals surface area (Å²) in [6.45, 7) is 0. The van der Waals surface area contributed by atoms with Crippen molar-refractivity contribution in [3.05, 3.63) is 24.0 Å². The fourth-order valence-corrected chi connectivity index (χ4v) is 6.78. The fourth-order valence-electron chi connectivity index (χ4n) is 6.78. The molecule has 3 aliphatic carbocycles. The Labute approximate surface area is 212 Å². The lowest BCUT2D eigenvalue weighted by atomic mass is 9.89. The van der Waals surface area contributed by atoms with Gasteiger partial charge in [-0.3, -0.25) is 5.10 Å². The summed E-state index contributed by atoms with van der Waals surface area (Å²) in [6.07, 6.45) is 13.2. The van der Waals surface area contributed by atoms with Gasteiger partial charge in [0.2, 0.25) is 5.95 Å². The second-order valence-electron chi connectivity index (χ2n) is 11.0. The minimum Gasteiger partial charge on any atom is -0.381 e. The predicted molar refractivity (Wildman–Crippen MR) is 137 cm³/mol. The van der Waals surface area contributed by atoms with Crippen LogP contribution in [0.2, 0.25) is 0 Å². The highest BCUT2D eigenvalue weighted by atomic mass is 16.5. The molecule has 194 valence electrons. The van der Waals surface area contributed by atoms with Crippen LogP contribution < -0.4 is 16.0 Å². The summed E-state index contributed by atoms with van der Waals surface area (Å²) in [5.74, 6) is 2.49. The molecule has 36 heavy (non-hydrogen) atoms. The first kappa shape index (κ1) is 23.5. The number of urea groups is 1. The molecule has 10 nitrogen and oxygen atoms in total. The van der Waals surface area contributed by atoms with Crippen LogP contribution in [0.5, 0.6) is 0 Å². The number of nitrogens with zero attached hydrogens (tertiary/aromatic N) is 4. The van der Waals surface area contributed by atoms with Crippen molar-refractivity contribution in [2.45, 2.75) is 107 Å². The van der Waals surface area contributed by atoms with Crippen LogP contribution in [-0.2, 0) is 4.74 Å². The van der Waals surface area contributed by atoms with Crippen molar-refractivity contribution in [3.63, 3.8) is 0 Å². The number of aromatic nitrogens is 4. The first-order valence-electron chi connectivity index (χ1n) is 13.7. The van der Waals surface area contributed by atoms with Crippen molar-refractivity contribution in [1.29, 1.82) is 0 Å². The zero-order valence-corrected chi connectivity index (χ0v) is 21.1. The summed E-state index contributed by atoms with van der Waals surface area (Å²) in [5.41, 5.74) is 1.12. The van der Waals surface area contributed by atoms with Gasteiger partial charge in [0.05, 0.1) is 6.10 Å². The molecule has 3 fully saturated rings. The smallest absolute Gasteiger partial charge is 0.318 e. The zero-order valence-electron chi connectivity index (χ0n) is 21.1. The van der Waals surface area contributed by atoms with Crippen molar-refractivity contribution >= 4 is 23.6 Å². The summed E-state index contributed by atoms with van der Waals surface area (Å²) >= 11 is 0. The zero-order chi connectivity index (χ0) is 24.5. The number of carbonyl (C=O) groups is 1. The van der Waals surface area contributed by atoms with Gasteiger partial charge in [-0.25, -0.2) is 9.78 Å². The van der Waals surface area contributed by atoms with Gasteiger partial charge in [-0.15, -0.1) is 0 Å². The Kier molecular flexibility index (Phi) is 6.69. The minimum absolute atomic E-state index is 0.114. The molecule has 7 rings (SSSR count). The van der Waals surface area contributed by atoms with Crippen molar-refractivity contribution in [2.24, 2.45) is 0 Å². The van der Waals surface area contributed by atoms with Gasteiger partial charge < -0.3 is 25.6 Å². The Balaban J connectivity index is 1.24. The molecule has 8 bridgehead atoms. The average Bonchev–Trinajstić information content (AvgIpc) is 3.55. The first-order valence-corrected chi connectivity index (χ1v) is 13.7. The summed E-state index contributed by atoms with van der Waals surface area (Å²) in [7, 11) is 1.78. The van der Waals surface area contributed by atoms with Crippen LogP contribution in [0, 0.1) is 0 Å².